The molecule has 1 aliphatic heterocycles. The fraction of sp³-hybridized carbons (Fsp3) is 0.211. The second kappa shape index (κ2) is 6.76. The van der Waals surface area contributed by atoms with Gasteiger partial charge in [-0.15, -0.1) is 0 Å². The third kappa shape index (κ3) is 3.25. The summed E-state index contributed by atoms with van der Waals surface area (Å²) in [4.78, 5) is 25.1. The van der Waals surface area contributed by atoms with Crippen LogP contribution < -0.4 is 16.1 Å². The standard InChI is InChI=1S/C19H20N4O2S/c1-12-9-10-15(11-13(12)2)20-17(26)22-23-16(24)19(3,21-18(23)25)14-7-5-4-6-8-14/h4-11H,1-3H3,(H,21,25)(H2,20,22,26)/t19-/m1/s1. The second-order valence-electron chi connectivity index (χ2n) is 6.43. The average Bonchev–Trinajstić information content (AvgIpc) is 2.83. The van der Waals surface area contributed by atoms with Gasteiger partial charge in [0.1, 0.15) is 5.54 Å². The van der Waals surface area contributed by atoms with Crippen molar-refractivity contribution >= 4 is 35.0 Å². The van der Waals surface area contributed by atoms with Gasteiger partial charge in [0, 0.05) is 5.69 Å². The number of urea groups is 1. The molecule has 0 spiro atoms. The molecule has 0 radical (unpaired) electrons. The number of carbonyl (C=O) groups is 2. The van der Waals surface area contributed by atoms with Gasteiger partial charge >= 0.3 is 6.03 Å². The molecule has 7 heteroatoms. The summed E-state index contributed by atoms with van der Waals surface area (Å²) in [5.41, 5.74) is 5.31. The monoisotopic (exact) mass is 368 g/mol. The molecule has 6 nitrogen and oxygen atoms in total. The van der Waals surface area contributed by atoms with Crippen molar-refractivity contribution in [2.45, 2.75) is 26.3 Å². The lowest BCUT2D eigenvalue weighted by Crippen LogP contribution is -2.49. The van der Waals surface area contributed by atoms with E-state index in [4.69, 9.17) is 12.2 Å². The molecule has 0 saturated carbocycles. The Bertz CT molecular complexity index is 884. The Hall–Kier alpha value is -2.93. The van der Waals surface area contributed by atoms with Crippen molar-refractivity contribution in [3.8, 4) is 0 Å². The fourth-order valence-electron chi connectivity index (χ4n) is 2.79. The Morgan fingerprint density at radius 2 is 1.77 bits per heavy atom. The van der Waals surface area contributed by atoms with Crippen LogP contribution in [-0.2, 0) is 10.3 Å². The van der Waals surface area contributed by atoms with Gasteiger partial charge in [-0.05, 0) is 61.8 Å². The number of thiocarbonyl (C=S) groups is 1. The van der Waals surface area contributed by atoms with Crippen LogP contribution in [0.15, 0.2) is 48.5 Å². The van der Waals surface area contributed by atoms with Crippen LogP contribution in [0, 0.1) is 13.8 Å². The van der Waals surface area contributed by atoms with Gasteiger partial charge in [0.2, 0.25) is 0 Å². The number of amides is 3. The summed E-state index contributed by atoms with van der Waals surface area (Å²) in [5, 5.41) is 6.78. The first-order valence-electron chi connectivity index (χ1n) is 8.18. The lowest BCUT2D eigenvalue weighted by Gasteiger charge is -2.22. The molecular formula is C19H20N4O2S. The van der Waals surface area contributed by atoms with E-state index in [0.717, 1.165) is 16.3 Å². The third-order valence-electron chi connectivity index (χ3n) is 4.52. The topological polar surface area (TPSA) is 73.5 Å². The molecule has 1 fully saturated rings. The first kappa shape index (κ1) is 17.9. The number of rotatable bonds is 3. The molecule has 0 unspecified atom stereocenters. The van der Waals surface area contributed by atoms with Crippen LogP contribution in [-0.4, -0.2) is 22.1 Å². The number of carbonyl (C=O) groups excluding carboxylic acids is 2. The van der Waals surface area contributed by atoms with Gasteiger partial charge < -0.3 is 10.6 Å². The molecule has 0 aromatic heterocycles. The first-order chi connectivity index (χ1) is 12.3. The minimum atomic E-state index is -1.14. The van der Waals surface area contributed by atoms with Crippen LogP contribution in [0.4, 0.5) is 10.5 Å². The van der Waals surface area contributed by atoms with E-state index in [2.05, 4.69) is 16.1 Å². The van der Waals surface area contributed by atoms with E-state index >= 15 is 0 Å². The van der Waals surface area contributed by atoms with Crippen molar-refractivity contribution in [2.75, 3.05) is 5.32 Å². The zero-order valence-electron chi connectivity index (χ0n) is 14.8. The van der Waals surface area contributed by atoms with Crippen molar-refractivity contribution in [1.82, 2.24) is 15.8 Å². The van der Waals surface area contributed by atoms with Crippen LogP contribution >= 0.6 is 12.2 Å². The number of aryl methyl sites for hydroxylation is 2. The number of nitrogens with zero attached hydrogens (tertiary/aromatic N) is 1. The van der Waals surface area contributed by atoms with Crippen molar-refractivity contribution in [2.24, 2.45) is 0 Å². The Balaban J connectivity index is 1.73. The molecule has 2 aromatic rings. The Labute approximate surface area is 157 Å². The van der Waals surface area contributed by atoms with Gasteiger partial charge in [-0.2, -0.15) is 5.01 Å². The number of hydrogen-bond acceptors (Lipinski definition) is 3. The summed E-state index contributed by atoms with van der Waals surface area (Å²) in [7, 11) is 0. The normalized spacial score (nSPS) is 19.3. The molecule has 0 aliphatic carbocycles. The highest BCUT2D eigenvalue weighted by Crippen LogP contribution is 2.27. The van der Waals surface area contributed by atoms with Crippen LogP contribution in [0.25, 0.3) is 0 Å². The van der Waals surface area contributed by atoms with Crippen LogP contribution in [0.5, 0.6) is 0 Å². The highest BCUT2D eigenvalue weighted by atomic mass is 32.1. The number of anilines is 1. The maximum atomic E-state index is 12.8. The Kier molecular flexibility index (Phi) is 4.65. The Morgan fingerprint density at radius 3 is 2.42 bits per heavy atom. The summed E-state index contributed by atoms with van der Waals surface area (Å²) in [6, 6.07) is 14.3. The molecule has 1 saturated heterocycles. The molecule has 2 aromatic carbocycles. The van der Waals surface area contributed by atoms with Gasteiger partial charge in [-0.3, -0.25) is 10.2 Å². The van der Waals surface area contributed by atoms with Gasteiger partial charge in [-0.25, -0.2) is 4.79 Å². The van der Waals surface area contributed by atoms with Crippen molar-refractivity contribution in [3.05, 3.63) is 65.2 Å². The minimum Gasteiger partial charge on any atom is -0.331 e. The molecule has 1 atom stereocenters. The molecule has 3 amide bonds. The number of nitrogens with one attached hydrogen (secondary N) is 3. The molecule has 0 bridgehead atoms. The molecule has 26 heavy (non-hydrogen) atoms. The molecule has 1 aliphatic rings. The van der Waals surface area contributed by atoms with E-state index in [0.29, 0.717) is 5.56 Å². The summed E-state index contributed by atoms with van der Waals surface area (Å²) in [6.07, 6.45) is 0. The highest BCUT2D eigenvalue weighted by Gasteiger charge is 2.49. The van der Waals surface area contributed by atoms with Crippen molar-refractivity contribution < 1.29 is 9.59 Å². The van der Waals surface area contributed by atoms with E-state index in [1.807, 2.05) is 50.2 Å². The van der Waals surface area contributed by atoms with Gasteiger partial charge in [0.15, 0.2) is 5.11 Å². The predicted molar refractivity (Wildman–Crippen MR) is 104 cm³/mol. The average molecular weight is 368 g/mol. The quantitative estimate of drug-likeness (QED) is 0.574. The zero-order valence-corrected chi connectivity index (χ0v) is 15.6. The van der Waals surface area contributed by atoms with E-state index in [1.165, 1.54) is 5.56 Å². The largest absolute Gasteiger partial charge is 0.344 e. The van der Waals surface area contributed by atoms with Crippen LogP contribution in [0.2, 0.25) is 0 Å². The van der Waals surface area contributed by atoms with E-state index in [-0.39, 0.29) is 5.11 Å². The van der Waals surface area contributed by atoms with Crippen molar-refractivity contribution in [3.63, 3.8) is 0 Å². The maximum Gasteiger partial charge on any atom is 0.344 e. The van der Waals surface area contributed by atoms with E-state index in [9.17, 15) is 9.59 Å². The first-order valence-corrected chi connectivity index (χ1v) is 8.59. The number of imide groups is 1. The maximum absolute atomic E-state index is 12.8. The van der Waals surface area contributed by atoms with E-state index < -0.39 is 17.5 Å². The van der Waals surface area contributed by atoms with E-state index in [1.54, 1.807) is 19.1 Å². The predicted octanol–water partition coefficient (Wildman–Crippen LogP) is 2.97. The van der Waals surface area contributed by atoms with Crippen molar-refractivity contribution in [1.29, 1.82) is 0 Å². The summed E-state index contributed by atoms with van der Waals surface area (Å²) in [5.74, 6) is -0.419. The van der Waals surface area contributed by atoms with Crippen LogP contribution in [0.1, 0.15) is 23.6 Å². The Morgan fingerprint density at radius 1 is 1.08 bits per heavy atom. The molecule has 1 heterocycles. The lowest BCUT2D eigenvalue weighted by molar-refractivity contribution is -0.132. The van der Waals surface area contributed by atoms with Gasteiger partial charge in [0.25, 0.3) is 5.91 Å². The molecule has 134 valence electrons. The molecule has 3 N–H and O–H groups in total. The SMILES string of the molecule is Cc1ccc(NC(=S)NN2C(=O)N[C@](C)(c3ccccc3)C2=O)cc1C. The zero-order chi connectivity index (χ0) is 18.9. The summed E-state index contributed by atoms with van der Waals surface area (Å²) in [6.45, 7) is 5.69. The fourth-order valence-corrected chi connectivity index (χ4v) is 3.00. The number of hydrogen-bond donors (Lipinski definition) is 3. The minimum absolute atomic E-state index is 0.161. The molecule has 3 rings (SSSR count). The van der Waals surface area contributed by atoms with Crippen LogP contribution in [0.3, 0.4) is 0 Å². The lowest BCUT2D eigenvalue weighted by atomic mass is 9.92. The van der Waals surface area contributed by atoms with Gasteiger partial charge in [-0.1, -0.05) is 36.4 Å². The second-order valence-corrected chi connectivity index (χ2v) is 6.83. The third-order valence-corrected chi connectivity index (χ3v) is 4.71. The summed E-state index contributed by atoms with van der Waals surface area (Å²) < 4.78 is 0. The molecular weight excluding hydrogens is 348 g/mol. The highest BCUT2D eigenvalue weighted by molar-refractivity contribution is 7.80. The number of hydrazine groups is 1. The number of benzene rings is 2. The summed E-state index contributed by atoms with van der Waals surface area (Å²) >= 11 is 5.25. The smallest absolute Gasteiger partial charge is 0.331 e. The van der Waals surface area contributed by atoms with Gasteiger partial charge in [0.05, 0.1) is 0 Å².